The maximum atomic E-state index is 8.39. The largest absolute Gasteiger partial charge is 0.385 e. The van der Waals surface area contributed by atoms with Crippen LogP contribution < -0.4 is 5.32 Å². The van der Waals surface area contributed by atoms with Crippen molar-refractivity contribution in [3.8, 4) is 6.07 Å². The van der Waals surface area contributed by atoms with Gasteiger partial charge >= 0.3 is 0 Å². The van der Waals surface area contributed by atoms with Gasteiger partial charge in [-0.1, -0.05) is 25.1 Å². The fourth-order valence-corrected chi connectivity index (χ4v) is 1.55. The maximum absolute atomic E-state index is 8.39. The van der Waals surface area contributed by atoms with Crippen molar-refractivity contribution < 1.29 is 0 Å². The zero-order valence-corrected chi connectivity index (χ0v) is 9.29. The Kier molecular flexibility index (Phi) is 5.32. The first-order valence-corrected chi connectivity index (χ1v) is 5.57. The minimum Gasteiger partial charge on any atom is -0.385 e. The number of nitrogens with zero attached hydrogens (tertiary/aromatic N) is 1. The summed E-state index contributed by atoms with van der Waals surface area (Å²) in [4.78, 5) is 0. The molecule has 0 aromatic heterocycles. The number of unbranched alkanes of at least 4 members (excludes halogenated alkanes) is 2. The fraction of sp³-hybridized carbons (Fsp3) is 0.462. The summed E-state index contributed by atoms with van der Waals surface area (Å²) in [6, 6.07) is 10.5. The molecule has 0 saturated carbocycles. The van der Waals surface area contributed by atoms with Crippen molar-refractivity contribution >= 4 is 5.69 Å². The van der Waals surface area contributed by atoms with Gasteiger partial charge in [-0.15, -0.1) is 0 Å². The fourth-order valence-electron chi connectivity index (χ4n) is 1.55. The summed E-state index contributed by atoms with van der Waals surface area (Å²) in [7, 11) is 0. The molecule has 0 aliphatic rings. The zero-order valence-electron chi connectivity index (χ0n) is 9.29. The molecule has 1 aromatic rings. The summed E-state index contributed by atoms with van der Waals surface area (Å²) in [5, 5.41) is 11.8. The van der Waals surface area contributed by atoms with E-state index in [0.29, 0.717) is 6.42 Å². The number of nitrogens with one attached hydrogen (secondary N) is 1. The lowest BCUT2D eigenvalue weighted by atomic mass is 10.1. The van der Waals surface area contributed by atoms with E-state index in [-0.39, 0.29) is 0 Å². The van der Waals surface area contributed by atoms with Crippen LogP contribution in [0.1, 0.15) is 31.7 Å². The van der Waals surface area contributed by atoms with Crippen molar-refractivity contribution in [3.05, 3.63) is 29.8 Å². The Bertz CT molecular complexity index is 326. The van der Waals surface area contributed by atoms with E-state index >= 15 is 0 Å². The predicted octanol–water partition coefficient (Wildman–Crippen LogP) is 3.35. The molecule has 0 fully saturated rings. The topological polar surface area (TPSA) is 35.8 Å². The summed E-state index contributed by atoms with van der Waals surface area (Å²) >= 11 is 0. The number of rotatable bonds is 6. The van der Waals surface area contributed by atoms with Crippen LogP contribution in [0.15, 0.2) is 24.3 Å². The molecular formula is C13H18N2. The summed E-state index contributed by atoms with van der Waals surface area (Å²) < 4.78 is 0. The van der Waals surface area contributed by atoms with Crippen LogP contribution in [0.25, 0.3) is 0 Å². The molecule has 1 N–H and O–H groups in total. The number of anilines is 1. The predicted molar refractivity (Wildman–Crippen MR) is 63.8 cm³/mol. The van der Waals surface area contributed by atoms with E-state index in [2.05, 4.69) is 42.6 Å². The second-order valence-electron chi connectivity index (χ2n) is 3.55. The van der Waals surface area contributed by atoms with Gasteiger partial charge in [-0.3, -0.25) is 0 Å². The Morgan fingerprint density at radius 2 is 2.07 bits per heavy atom. The molecule has 0 radical (unpaired) electrons. The van der Waals surface area contributed by atoms with Crippen molar-refractivity contribution in [1.82, 2.24) is 0 Å². The van der Waals surface area contributed by atoms with Gasteiger partial charge in [0.05, 0.1) is 6.07 Å². The maximum Gasteiger partial charge on any atom is 0.0621 e. The highest BCUT2D eigenvalue weighted by atomic mass is 14.9. The molecule has 2 heteroatoms. The normalized spacial score (nSPS) is 9.60. The van der Waals surface area contributed by atoms with Crippen LogP contribution in [-0.2, 0) is 6.42 Å². The van der Waals surface area contributed by atoms with Crippen molar-refractivity contribution in [2.45, 2.75) is 32.6 Å². The molecule has 0 spiro atoms. The molecule has 0 saturated heterocycles. The SMILES string of the molecule is CCc1ccccc1NCCCCC#N. The summed E-state index contributed by atoms with van der Waals surface area (Å²) in [5.41, 5.74) is 2.59. The highest BCUT2D eigenvalue weighted by Gasteiger charge is 1.97. The number of para-hydroxylation sites is 1. The van der Waals surface area contributed by atoms with Gasteiger partial charge in [0.2, 0.25) is 0 Å². The van der Waals surface area contributed by atoms with Crippen molar-refractivity contribution in [2.75, 3.05) is 11.9 Å². The third kappa shape index (κ3) is 4.03. The van der Waals surface area contributed by atoms with Gasteiger partial charge in [0.25, 0.3) is 0 Å². The monoisotopic (exact) mass is 202 g/mol. The first-order valence-electron chi connectivity index (χ1n) is 5.57. The Morgan fingerprint density at radius 1 is 1.27 bits per heavy atom. The van der Waals surface area contributed by atoms with Crippen LogP contribution in [0.3, 0.4) is 0 Å². The molecular weight excluding hydrogens is 184 g/mol. The zero-order chi connectivity index (χ0) is 10.9. The van der Waals surface area contributed by atoms with Crippen molar-refractivity contribution in [3.63, 3.8) is 0 Å². The Balaban J connectivity index is 2.34. The minimum atomic E-state index is 0.664. The first kappa shape index (κ1) is 11.6. The van der Waals surface area contributed by atoms with E-state index in [1.807, 2.05) is 0 Å². The third-order valence-corrected chi connectivity index (χ3v) is 2.43. The lowest BCUT2D eigenvalue weighted by molar-refractivity contribution is 0.784. The first-order chi connectivity index (χ1) is 7.38. The quantitative estimate of drug-likeness (QED) is 0.718. The van der Waals surface area contributed by atoms with Crippen LogP contribution in [0.5, 0.6) is 0 Å². The molecule has 0 heterocycles. The highest BCUT2D eigenvalue weighted by molar-refractivity contribution is 5.50. The second kappa shape index (κ2) is 6.89. The van der Waals surface area contributed by atoms with Gasteiger partial charge in [-0.25, -0.2) is 0 Å². The average molecular weight is 202 g/mol. The second-order valence-corrected chi connectivity index (χ2v) is 3.55. The van der Waals surface area contributed by atoms with Gasteiger partial charge in [-0.2, -0.15) is 5.26 Å². The smallest absolute Gasteiger partial charge is 0.0621 e. The molecule has 2 nitrogen and oxygen atoms in total. The molecule has 0 atom stereocenters. The molecule has 0 bridgehead atoms. The van der Waals surface area contributed by atoms with Crippen LogP contribution >= 0.6 is 0 Å². The van der Waals surface area contributed by atoms with E-state index in [4.69, 9.17) is 5.26 Å². The summed E-state index contributed by atoms with van der Waals surface area (Å²) in [6.07, 6.45) is 3.77. The van der Waals surface area contributed by atoms with Gasteiger partial charge in [0.15, 0.2) is 0 Å². The number of hydrogen-bond acceptors (Lipinski definition) is 2. The molecule has 0 unspecified atom stereocenters. The van der Waals surface area contributed by atoms with Crippen molar-refractivity contribution in [1.29, 1.82) is 5.26 Å². The summed E-state index contributed by atoms with van der Waals surface area (Å²) in [6.45, 7) is 3.12. The van der Waals surface area contributed by atoms with Crippen LogP contribution in [0, 0.1) is 11.3 Å². The van der Waals surface area contributed by atoms with E-state index in [0.717, 1.165) is 25.8 Å². The van der Waals surface area contributed by atoms with E-state index in [1.165, 1.54) is 11.3 Å². The molecule has 1 rings (SSSR count). The van der Waals surface area contributed by atoms with Gasteiger partial charge < -0.3 is 5.32 Å². The van der Waals surface area contributed by atoms with Gasteiger partial charge in [-0.05, 0) is 30.9 Å². The average Bonchev–Trinajstić information content (AvgIpc) is 2.29. The standard InChI is InChI=1S/C13H18N2/c1-2-12-8-4-5-9-13(12)15-11-7-3-6-10-14/h4-5,8-9,15H,2-3,6-7,11H2,1H3. The summed E-state index contributed by atoms with van der Waals surface area (Å²) in [5.74, 6) is 0. The Hall–Kier alpha value is -1.49. The lowest BCUT2D eigenvalue weighted by Gasteiger charge is -2.09. The van der Waals surface area contributed by atoms with Crippen LogP contribution in [0.2, 0.25) is 0 Å². The number of nitriles is 1. The Labute approximate surface area is 91.9 Å². The highest BCUT2D eigenvalue weighted by Crippen LogP contribution is 2.15. The molecule has 0 amide bonds. The molecule has 1 aromatic carbocycles. The van der Waals surface area contributed by atoms with E-state index in [9.17, 15) is 0 Å². The third-order valence-electron chi connectivity index (χ3n) is 2.43. The number of aryl methyl sites for hydroxylation is 1. The molecule has 0 aliphatic heterocycles. The van der Waals surface area contributed by atoms with Crippen molar-refractivity contribution in [2.24, 2.45) is 0 Å². The van der Waals surface area contributed by atoms with E-state index in [1.54, 1.807) is 0 Å². The minimum absolute atomic E-state index is 0.664. The van der Waals surface area contributed by atoms with Crippen LogP contribution in [0.4, 0.5) is 5.69 Å². The lowest BCUT2D eigenvalue weighted by Crippen LogP contribution is -2.03. The van der Waals surface area contributed by atoms with E-state index < -0.39 is 0 Å². The van der Waals surface area contributed by atoms with Gasteiger partial charge in [0.1, 0.15) is 0 Å². The molecule has 15 heavy (non-hydrogen) atoms. The number of benzene rings is 1. The number of hydrogen-bond donors (Lipinski definition) is 1. The van der Waals surface area contributed by atoms with Gasteiger partial charge in [0, 0.05) is 18.7 Å². The molecule has 80 valence electrons. The van der Waals surface area contributed by atoms with Crippen LogP contribution in [-0.4, -0.2) is 6.54 Å². The molecule has 0 aliphatic carbocycles. The Morgan fingerprint density at radius 3 is 2.80 bits per heavy atom.